The molecule has 0 fully saturated rings. The topological polar surface area (TPSA) is 76.2 Å². The molecule has 0 aliphatic carbocycles. The van der Waals surface area contributed by atoms with Crippen molar-refractivity contribution in [2.75, 3.05) is 37.7 Å². The molecule has 0 spiro atoms. The Hall–Kier alpha value is -2.58. The maximum atomic E-state index is 12.7. The van der Waals surface area contributed by atoms with Gasteiger partial charge in [-0.25, -0.2) is 8.42 Å². The van der Waals surface area contributed by atoms with Gasteiger partial charge in [-0.05, 0) is 42.8 Å². The first-order valence-corrected chi connectivity index (χ1v) is 11.1. The Kier molecular flexibility index (Phi) is 6.44. The van der Waals surface area contributed by atoms with Gasteiger partial charge in [0.2, 0.25) is 10.0 Å². The van der Waals surface area contributed by atoms with E-state index in [1.807, 2.05) is 24.3 Å². The Bertz CT molecular complexity index is 986. The Balaban J connectivity index is 1.71. The summed E-state index contributed by atoms with van der Waals surface area (Å²) in [6.45, 7) is 6.94. The number of sulfonamides is 1. The van der Waals surface area contributed by atoms with Crippen LogP contribution >= 0.6 is 0 Å². The van der Waals surface area contributed by atoms with Gasteiger partial charge in [0.05, 0.1) is 17.1 Å². The van der Waals surface area contributed by atoms with Gasteiger partial charge in [0.1, 0.15) is 18.1 Å². The number of amides is 1. The summed E-state index contributed by atoms with van der Waals surface area (Å²) < 4.78 is 38.0. The van der Waals surface area contributed by atoms with E-state index in [4.69, 9.17) is 9.47 Å². The maximum absolute atomic E-state index is 12.7. The number of benzene rings is 2. The average molecular weight is 419 g/mol. The molecule has 0 saturated carbocycles. The molecule has 1 aliphatic rings. The third kappa shape index (κ3) is 4.38. The van der Waals surface area contributed by atoms with Crippen molar-refractivity contribution in [2.45, 2.75) is 25.7 Å². The van der Waals surface area contributed by atoms with Gasteiger partial charge in [-0.2, -0.15) is 4.31 Å². The quantitative estimate of drug-likeness (QED) is 0.691. The van der Waals surface area contributed by atoms with Crippen molar-refractivity contribution >= 4 is 21.6 Å². The highest BCUT2D eigenvalue weighted by Gasteiger charge is 2.25. The number of anilines is 1. The summed E-state index contributed by atoms with van der Waals surface area (Å²) in [4.78, 5) is 14.5. The van der Waals surface area contributed by atoms with Crippen LogP contribution in [-0.4, -0.2) is 51.5 Å². The number of hydrogen-bond donors (Lipinski definition) is 0. The highest BCUT2D eigenvalue weighted by Crippen LogP contribution is 2.31. The fraction of sp³-hybridized carbons (Fsp3) is 0.381. The smallest absolute Gasteiger partial charge is 0.265 e. The van der Waals surface area contributed by atoms with E-state index < -0.39 is 10.0 Å². The number of ether oxygens (including phenoxy) is 2. The lowest BCUT2D eigenvalue weighted by molar-refractivity contribution is -0.120. The van der Waals surface area contributed by atoms with E-state index in [-0.39, 0.29) is 17.4 Å². The van der Waals surface area contributed by atoms with Crippen LogP contribution < -0.4 is 14.4 Å². The fourth-order valence-electron chi connectivity index (χ4n) is 3.30. The van der Waals surface area contributed by atoms with Crippen LogP contribution in [0.2, 0.25) is 0 Å². The molecule has 8 heteroatoms. The zero-order valence-electron chi connectivity index (χ0n) is 16.9. The number of carbonyl (C=O) groups excluding carboxylic acids is 1. The van der Waals surface area contributed by atoms with Crippen molar-refractivity contribution in [3.8, 4) is 11.5 Å². The fourth-order valence-corrected chi connectivity index (χ4v) is 4.85. The number of carbonyl (C=O) groups is 1. The average Bonchev–Trinajstić information content (AvgIpc) is 2.72. The number of aryl methyl sites for hydroxylation is 1. The molecular formula is C21H26N2O5S. The summed E-state index contributed by atoms with van der Waals surface area (Å²) in [5.41, 5.74) is 1.39. The molecule has 2 aromatic carbocycles. The molecule has 0 atom stereocenters. The summed E-state index contributed by atoms with van der Waals surface area (Å²) in [6, 6.07) is 12.1. The minimum atomic E-state index is -3.53. The molecule has 0 N–H and O–H groups in total. The predicted molar refractivity (Wildman–Crippen MR) is 111 cm³/mol. The van der Waals surface area contributed by atoms with Crippen molar-refractivity contribution in [2.24, 2.45) is 0 Å². The monoisotopic (exact) mass is 418 g/mol. The molecular weight excluding hydrogens is 392 g/mol. The molecule has 0 aromatic heterocycles. The van der Waals surface area contributed by atoms with Gasteiger partial charge in [0.15, 0.2) is 6.61 Å². The molecule has 2 aromatic rings. The third-order valence-electron chi connectivity index (χ3n) is 4.87. The third-order valence-corrected chi connectivity index (χ3v) is 6.92. The number of nitrogens with zero attached hydrogens (tertiary/aromatic N) is 2. The van der Waals surface area contributed by atoms with Crippen LogP contribution in [0.3, 0.4) is 0 Å². The lowest BCUT2D eigenvalue weighted by Gasteiger charge is -2.29. The number of para-hydroxylation sites is 2. The van der Waals surface area contributed by atoms with Crippen LogP contribution in [-0.2, 0) is 14.8 Å². The Morgan fingerprint density at radius 2 is 1.90 bits per heavy atom. The molecule has 0 radical (unpaired) electrons. The SMILES string of the molecule is CCN(CC)S(=O)(=O)c1ccc(OCC(=O)N2CCOc3ccccc32)c(C)c1. The molecule has 1 amide bonds. The van der Waals surface area contributed by atoms with Gasteiger partial charge < -0.3 is 14.4 Å². The zero-order valence-corrected chi connectivity index (χ0v) is 17.7. The van der Waals surface area contributed by atoms with Crippen LogP contribution in [0.5, 0.6) is 11.5 Å². The molecule has 29 heavy (non-hydrogen) atoms. The largest absolute Gasteiger partial charge is 0.490 e. The van der Waals surface area contributed by atoms with Crippen LogP contribution in [0, 0.1) is 6.92 Å². The molecule has 1 aliphatic heterocycles. The molecule has 156 valence electrons. The van der Waals surface area contributed by atoms with Crippen molar-refractivity contribution in [1.29, 1.82) is 0 Å². The van der Waals surface area contributed by atoms with E-state index in [0.29, 0.717) is 43.3 Å². The van der Waals surface area contributed by atoms with Crippen LogP contribution in [0.1, 0.15) is 19.4 Å². The molecule has 7 nitrogen and oxygen atoms in total. The van der Waals surface area contributed by atoms with Gasteiger partial charge in [0, 0.05) is 13.1 Å². The molecule has 3 rings (SSSR count). The van der Waals surface area contributed by atoms with Gasteiger partial charge >= 0.3 is 0 Å². The molecule has 0 unspecified atom stereocenters. The van der Waals surface area contributed by atoms with Crippen LogP contribution in [0.25, 0.3) is 0 Å². The Morgan fingerprint density at radius 1 is 1.17 bits per heavy atom. The highest BCUT2D eigenvalue weighted by atomic mass is 32.2. The summed E-state index contributed by atoms with van der Waals surface area (Å²) in [5.74, 6) is 0.979. The number of fused-ring (bicyclic) bond motifs is 1. The van der Waals surface area contributed by atoms with Crippen molar-refractivity contribution in [3.05, 3.63) is 48.0 Å². The standard InChI is InChI=1S/C21H26N2O5S/c1-4-22(5-2)29(25,26)17-10-11-19(16(3)14-17)28-15-21(24)23-12-13-27-20-9-7-6-8-18(20)23/h6-11,14H,4-5,12-13,15H2,1-3H3. The Labute approximate surface area is 171 Å². The van der Waals surface area contributed by atoms with E-state index in [2.05, 4.69) is 0 Å². The van der Waals surface area contributed by atoms with Crippen molar-refractivity contribution < 1.29 is 22.7 Å². The van der Waals surface area contributed by atoms with Gasteiger partial charge in [-0.1, -0.05) is 26.0 Å². The first-order valence-electron chi connectivity index (χ1n) is 9.64. The summed E-state index contributed by atoms with van der Waals surface area (Å²) >= 11 is 0. The number of rotatable bonds is 7. The normalized spacial score (nSPS) is 13.7. The van der Waals surface area contributed by atoms with Gasteiger partial charge in [-0.3, -0.25) is 4.79 Å². The van der Waals surface area contributed by atoms with E-state index in [0.717, 1.165) is 5.69 Å². The van der Waals surface area contributed by atoms with E-state index in [1.165, 1.54) is 10.4 Å². The second kappa shape index (κ2) is 8.84. The molecule has 0 bridgehead atoms. The van der Waals surface area contributed by atoms with Crippen molar-refractivity contribution in [1.82, 2.24) is 4.31 Å². The highest BCUT2D eigenvalue weighted by molar-refractivity contribution is 7.89. The lowest BCUT2D eigenvalue weighted by Crippen LogP contribution is -2.40. The Morgan fingerprint density at radius 3 is 2.59 bits per heavy atom. The van der Waals surface area contributed by atoms with Crippen LogP contribution in [0.4, 0.5) is 5.69 Å². The zero-order chi connectivity index (χ0) is 21.0. The second-order valence-electron chi connectivity index (χ2n) is 6.67. The minimum absolute atomic E-state index is 0.142. The van der Waals surface area contributed by atoms with E-state index in [9.17, 15) is 13.2 Å². The summed E-state index contributed by atoms with van der Waals surface area (Å²) in [6.07, 6.45) is 0. The van der Waals surface area contributed by atoms with E-state index in [1.54, 1.807) is 37.8 Å². The van der Waals surface area contributed by atoms with Gasteiger partial charge in [-0.15, -0.1) is 0 Å². The maximum Gasteiger partial charge on any atom is 0.265 e. The molecule has 0 saturated heterocycles. The first kappa shape index (κ1) is 21.1. The summed E-state index contributed by atoms with van der Waals surface area (Å²) in [5, 5.41) is 0. The number of hydrogen-bond acceptors (Lipinski definition) is 5. The summed E-state index contributed by atoms with van der Waals surface area (Å²) in [7, 11) is -3.53. The minimum Gasteiger partial charge on any atom is -0.490 e. The predicted octanol–water partition coefficient (Wildman–Crippen LogP) is 2.83. The van der Waals surface area contributed by atoms with Crippen LogP contribution in [0.15, 0.2) is 47.4 Å². The first-order chi connectivity index (χ1) is 13.9. The lowest BCUT2D eigenvalue weighted by atomic mass is 10.2. The van der Waals surface area contributed by atoms with E-state index >= 15 is 0 Å². The molecule has 1 heterocycles. The van der Waals surface area contributed by atoms with Gasteiger partial charge in [0.25, 0.3) is 5.91 Å². The second-order valence-corrected chi connectivity index (χ2v) is 8.60. The van der Waals surface area contributed by atoms with Crippen molar-refractivity contribution in [3.63, 3.8) is 0 Å².